The van der Waals surface area contributed by atoms with Gasteiger partial charge in [0.15, 0.2) is 0 Å². The molecule has 25 heavy (non-hydrogen) atoms. The van der Waals surface area contributed by atoms with Crippen LogP contribution >= 0.6 is 0 Å². The Balaban J connectivity index is 1.76. The number of sulfonamides is 1. The highest BCUT2D eigenvalue weighted by molar-refractivity contribution is 7.89. The molecular weight excluding hydrogens is 340 g/mol. The third-order valence-electron chi connectivity index (χ3n) is 3.59. The van der Waals surface area contributed by atoms with Crippen molar-refractivity contribution >= 4 is 15.9 Å². The Morgan fingerprint density at radius 3 is 2.24 bits per heavy atom. The summed E-state index contributed by atoms with van der Waals surface area (Å²) in [6.45, 7) is 2.24. The van der Waals surface area contributed by atoms with E-state index >= 15 is 0 Å². The fourth-order valence-electron chi connectivity index (χ4n) is 2.18. The standard InChI is InChI=1S/C18H22N2O4S/c1-14-3-9-17(10-4-14)25(22,23)20-12-11-19-18(21)13-15-5-7-16(24-2)8-6-15/h3-10,20H,11-13H2,1-2H3,(H,19,21). The smallest absolute Gasteiger partial charge is 0.240 e. The zero-order valence-corrected chi connectivity index (χ0v) is 15.1. The summed E-state index contributed by atoms with van der Waals surface area (Å²) in [7, 11) is -1.97. The second-order valence-electron chi connectivity index (χ2n) is 5.59. The number of rotatable bonds is 8. The lowest BCUT2D eigenvalue weighted by Gasteiger charge is -2.09. The van der Waals surface area contributed by atoms with Gasteiger partial charge >= 0.3 is 0 Å². The topological polar surface area (TPSA) is 84.5 Å². The number of aryl methyl sites for hydroxylation is 1. The Morgan fingerprint density at radius 1 is 1.00 bits per heavy atom. The third kappa shape index (κ3) is 5.88. The Kier molecular flexibility index (Phi) is 6.55. The summed E-state index contributed by atoms with van der Waals surface area (Å²) in [6.07, 6.45) is 0.231. The Bertz CT molecular complexity index is 800. The van der Waals surface area contributed by atoms with Gasteiger partial charge in [-0.3, -0.25) is 4.79 Å². The van der Waals surface area contributed by atoms with Gasteiger partial charge in [-0.25, -0.2) is 13.1 Å². The van der Waals surface area contributed by atoms with E-state index in [9.17, 15) is 13.2 Å². The summed E-state index contributed by atoms with van der Waals surface area (Å²) in [5.74, 6) is 0.564. The largest absolute Gasteiger partial charge is 0.497 e. The van der Waals surface area contributed by atoms with Crippen molar-refractivity contribution in [2.75, 3.05) is 20.2 Å². The van der Waals surface area contributed by atoms with Crippen molar-refractivity contribution < 1.29 is 17.9 Å². The van der Waals surface area contributed by atoms with E-state index in [1.54, 1.807) is 43.5 Å². The van der Waals surface area contributed by atoms with Gasteiger partial charge in [0.2, 0.25) is 15.9 Å². The summed E-state index contributed by atoms with van der Waals surface area (Å²) in [5, 5.41) is 2.70. The van der Waals surface area contributed by atoms with E-state index in [1.807, 2.05) is 19.1 Å². The number of hydrogen-bond acceptors (Lipinski definition) is 4. The van der Waals surface area contributed by atoms with Crippen molar-refractivity contribution in [2.45, 2.75) is 18.2 Å². The molecule has 0 saturated heterocycles. The van der Waals surface area contributed by atoms with E-state index in [2.05, 4.69) is 10.0 Å². The molecule has 2 rings (SSSR count). The molecule has 0 bridgehead atoms. The van der Waals surface area contributed by atoms with Gasteiger partial charge in [-0.15, -0.1) is 0 Å². The predicted molar refractivity (Wildman–Crippen MR) is 96.1 cm³/mol. The number of carbonyl (C=O) groups is 1. The summed E-state index contributed by atoms with van der Waals surface area (Å²) >= 11 is 0. The maximum absolute atomic E-state index is 12.1. The van der Waals surface area contributed by atoms with Gasteiger partial charge in [0.05, 0.1) is 18.4 Å². The normalized spacial score (nSPS) is 11.1. The van der Waals surface area contributed by atoms with Gasteiger partial charge in [0, 0.05) is 13.1 Å². The molecule has 0 atom stereocenters. The highest BCUT2D eigenvalue weighted by Gasteiger charge is 2.12. The molecule has 0 unspecified atom stereocenters. The highest BCUT2D eigenvalue weighted by Crippen LogP contribution is 2.11. The number of methoxy groups -OCH3 is 1. The molecule has 0 heterocycles. The van der Waals surface area contributed by atoms with Crippen molar-refractivity contribution in [3.8, 4) is 5.75 Å². The minimum Gasteiger partial charge on any atom is -0.497 e. The van der Waals surface area contributed by atoms with Crippen LogP contribution in [0.5, 0.6) is 5.75 Å². The van der Waals surface area contributed by atoms with E-state index in [0.29, 0.717) is 0 Å². The molecule has 0 aliphatic rings. The Morgan fingerprint density at radius 2 is 1.64 bits per heavy atom. The first kappa shape index (κ1) is 19.0. The number of benzene rings is 2. The van der Waals surface area contributed by atoms with Gasteiger partial charge in [0.1, 0.15) is 5.75 Å². The minimum absolute atomic E-state index is 0.130. The first-order chi connectivity index (χ1) is 11.9. The lowest BCUT2D eigenvalue weighted by atomic mass is 10.1. The molecule has 0 saturated carbocycles. The molecule has 0 aliphatic heterocycles. The quantitative estimate of drug-likeness (QED) is 0.699. The lowest BCUT2D eigenvalue weighted by molar-refractivity contribution is -0.120. The van der Waals surface area contributed by atoms with Crippen LogP contribution in [0.3, 0.4) is 0 Å². The lowest BCUT2D eigenvalue weighted by Crippen LogP contribution is -2.35. The second kappa shape index (κ2) is 8.64. The van der Waals surface area contributed by atoms with Gasteiger partial charge in [-0.1, -0.05) is 29.8 Å². The molecule has 0 aliphatic carbocycles. The molecular formula is C18H22N2O4S. The molecule has 0 radical (unpaired) electrons. The van der Waals surface area contributed by atoms with Crippen LogP contribution in [0.15, 0.2) is 53.4 Å². The van der Waals surface area contributed by atoms with Crippen molar-refractivity contribution in [3.63, 3.8) is 0 Å². The third-order valence-corrected chi connectivity index (χ3v) is 5.07. The van der Waals surface area contributed by atoms with Crippen LogP contribution in [0.25, 0.3) is 0 Å². The van der Waals surface area contributed by atoms with Crippen LogP contribution in [0, 0.1) is 6.92 Å². The summed E-state index contributed by atoms with van der Waals surface area (Å²) in [6, 6.07) is 13.8. The van der Waals surface area contributed by atoms with Crippen molar-refractivity contribution in [3.05, 3.63) is 59.7 Å². The molecule has 2 aromatic carbocycles. The van der Waals surface area contributed by atoms with Crippen molar-refractivity contribution in [1.29, 1.82) is 0 Å². The summed E-state index contributed by atoms with van der Waals surface area (Å²) in [4.78, 5) is 12.1. The van der Waals surface area contributed by atoms with Gasteiger partial charge in [0.25, 0.3) is 0 Å². The van der Waals surface area contributed by atoms with E-state index in [4.69, 9.17) is 4.74 Å². The highest BCUT2D eigenvalue weighted by atomic mass is 32.2. The van der Waals surface area contributed by atoms with E-state index in [0.717, 1.165) is 16.9 Å². The van der Waals surface area contributed by atoms with Crippen molar-refractivity contribution in [1.82, 2.24) is 10.0 Å². The molecule has 1 amide bonds. The zero-order valence-electron chi connectivity index (χ0n) is 14.3. The summed E-state index contributed by atoms with van der Waals surface area (Å²) in [5.41, 5.74) is 1.85. The van der Waals surface area contributed by atoms with Crippen LogP contribution in [0.2, 0.25) is 0 Å². The summed E-state index contributed by atoms with van der Waals surface area (Å²) < 4.78 is 31.7. The van der Waals surface area contributed by atoms with Gasteiger partial charge < -0.3 is 10.1 Å². The van der Waals surface area contributed by atoms with Crippen LogP contribution in [-0.4, -0.2) is 34.5 Å². The molecule has 0 fully saturated rings. The van der Waals surface area contributed by atoms with Gasteiger partial charge in [-0.2, -0.15) is 0 Å². The second-order valence-corrected chi connectivity index (χ2v) is 7.35. The monoisotopic (exact) mass is 362 g/mol. The Labute approximate surface area is 148 Å². The number of amides is 1. The van der Waals surface area contributed by atoms with Crippen LogP contribution in [0.1, 0.15) is 11.1 Å². The zero-order chi connectivity index (χ0) is 18.3. The average molecular weight is 362 g/mol. The number of hydrogen-bond donors (Lipinski definition) is 2. The number of nitrogens with one attached hydrogen (secondary N) is 2. The maximum Gasteiger partial charge on any atom is 0.240 e. The molecule has 2 aromatic rings. The van der Waals surface area contributed by atoms with Crippen LogP contribution in [0.4, 0.5) is 0 Å². The fourth-order valence-corrected chi connectivity index (χ4v) is 3.21. The van der Waals surface area contributed by atoms with Crippen LogP contribution < -0.4 is 14.8 Å². The molecule has 0 spiro atoms. The molecule has 0 aromatic heterocycles. The molecule has 7 heteroatoms. The van der Waals surface area contributed by atoms with Gasteiger partial charge in [-0.05, 0) is 36.8 Å². The molecule has 134 valence electrons. The maximum atomic E-state index is 12.1. The number of ether oxygens (including phenoxy) is 1. The predicted octanol–water partition coefficient (Wildman–Crippen LogP) is 1.64. The SMILES string of the molecule is COc1ccc(CC(=O)NCCNS(=O)(=O)c2ccc(C)cc2)cc1. The molecule has 6 nitrogen and oxygen atoms in total. The van der Waals surface area contributed by atoms with Crippen LogP contribution in [-0.2, 0) is 21.2 Å². The van der Waals surface area contributed by atoms with E-state index in [-0.39, 0.29) is 30.3 Å². The minimum atomic E-state index is -3.56. The van der Waals surface area contributed by atoms with E-state index in [1.165, 1.54) is 0 Å². The first-order valence-corrected chi connectivity index (χ1v) is 9.35. The molecule has 2 N–H and O–H groups in total. The Hall–Kier alpha value is -2.38. The fraction of sp³-hybridized carbons (Fsp3) is 0.278. The van der Waals surface area contributed by atoms with E-state index < -0.39 is 10.0 Å². The first-order valence-electron chi connectivity index (χ1n) is 7.87. The van der Waals surface area contributed by atoms with Crippen molar-refractivity contribution in [2.24, 2.45) is 0 Å². The number of carbonyl (C=O) groups excluding carboxylic acids is 1. The average Bonchev–Trinajstić information content (AvgIpc) is 2.60.